The number of nitro groups is 2. The molecule has 11 heteroatoms. The fourth-order valence-corrected chi connectivity index (χ4v) is 3.15. The summed E-state index contributed by atoms with van der Waals surface area (Å²) in [6.07, 6.45) is 0. The first kappa shape index (κ1) is 20.3. The fourth-order valence-electron chi connectivity index (χ4n) is 3.15. The maximum Gasteiger partial charge on any atom is 0.343 e. The molecule has 0 aliphatic carbocycles. The molecule has 0 saturated heterocycles. The van der Waals surface area contributed by atoms with Crippen molar-refractivity contribution in [1.29, 1.82) is 0 Å². The minimum Gasteiger partial charge on any atom is -0.423 e. The summed E-state index contributed by atoms with van der Waals surface area (Å²) in [5, 5.41) is 21.7. The molecule has 32 heavy (non-hydrogen) atoms. The van der Waals surface area contributed by atoms with Gasteiger partial charge in [0.25, 0.3) is 23.2 Å². The lowest BCUT2D eigenvalue weighted by molar-refractivity contribution is -0.385. The van der Waals surface area contributed by atoms with Gasteiger partial charge >= 0.3 is 5.97 Å². The lowest BCUT2D eigenvalue weighted by Crippen LogP contribution is -2.29. The Balaban J connectivity index is 1.59. The van der Waals surface area contributed by atoms with E-state index in [1.807, 2.05) is 0 Å². The zero-order valence-corrected chi connectivity index (χ0v) is 16.0. The zero-order chi connectivity index (χ0) is 23.0. The van der Waals surface area contributed by atoms with Crippen LogP contribution in [-0.4, -0.2) is 27.6 Å². The SMILES string of the molecule is O=C(Oc1ccc2c(c1)C(=O)N(c1cccc([N+](=O)[O-])c1)C2=O)c1ccc([N+](=O)[O-])cc1. The van der Waals surface area contributed by atoms with E-state index in [4.69, 9.17) is 4.74 Å². The van der Waals surface area contributed by atoms with Crippen molar-refractivity contribution >= 4 is 34.8 Å². The molecule has 1 aliphatic rings. The van der Waals surface area contributed by atoms with Gasteiger partial charge in [0, 0.05) is 24.3 Å². The molecule has 3 aromatic rings. The first-order valence-electron chi connectivity index (χ1n) is 9.00. The number of hydrogen-bond acceptors (Lipinski definition) is 8. The van der Waals surface area contributed by atoms with Crippen molar-refractivity contribution in [3.63, 3.8) is 0 Å². The van der Waals surface area contributed by atoms with E-state index in [0.29, 0.717) is 0 Å². The van der Waals surface area contributed by atoms with Gasteiger partial charge < -0.3 is 4.74 Å². The number of anilines is 1. The fraction of sp³-hybridized carbons (Fsp3) is 0. The van der Waals surface area contributed by atoms with Crippen molar-refractivity contribution in [1.82, 2.24) is 0 Å². The summed E-state index contributed by atoms with van der Waals surface area (Å²) >= 11 is 0. The van der Waals surface area contributed by atoms with Crippen LogP contribution in [0.25, 0.3) is 0 Å². The number of amides is 2. The molecule has 11 nitrogen and oxygen atoms in total. The Morgan fingerprint density at radius 3 is 2.09 bits per heavy atom. The Morgan fingerprint density at radius 2 is 1.44 bits per heavy atom. The Kier molecular flexibility index (Phi) is 4.91. The maximum absolute atomic E-state index is 12.8. The van der Waals surface area contributed by atoms with Crippen LogP contribution in [0.4, 0.5) is 17.1 Å². The summed E-state index contributed by atoms with van der Waals surface area (Å²) in [6, 6.07) is 13.7. The highest BCUT2D eigenvalue weighted by molar-refractivity contribution is 6.34. The second kappa shape index (κ2) is 7.72. The van der Waals surface area contributed by atoms with Gasteiger partial charge in [0.1, 0.15) is 5.75 Å². The number of benzene rings is 3. The molecule has 0 saturated carbocycles. The Morgan fingerprint density at radius 1 is 0.781 bits per heavy atom. The van der Waals surface area contributed by atoms with Gasteiger partial charge in [0.2, 0.25) is 0 Å². The number of nitrogens with zero attached hydrogens (tertiary/aromatic N) is 3. The van der Waals surface area contributed by atoms with Gasteiger partial charge in [-0.1, -0.05) is 6.07 Å². The van der Waals surface area contributed by atoms with Crippen molar-refractivity contribution in [2.24, 2.45) is 0 Å². The number of fused-ring (bicyclic) bond motifs is 1. The summed E-state index contributed by atoms with van der Waals surface area (Å²) in [5.41, 5.74) is -0.361. The van der Waals surface area contributed by atoms with E-state index in [-0.39, 0.29) is 39.5 Å². The third kappa shape index (κ3) is 3.54. The van der Waals surface area contributed by atoms with E-state index < -0.39 is 27.6 Å². The van der Waals surface area contributed by atoms with Gasteiger partial charge in [-0.2, -0.15) is 0 Å². The van der Waals surface area contributed by atoms with Crippen LogP contribution in [0, 0.1) is 20.2 Å². The van der Waals surface area contributed by atoms with Crippen LogP contribution in [0.2, 0.25) is 0 Å². The monoisotopic (exact) mass is 433 g/mol. The van der Waals surface area contributed by atoms with Gasteiger partial charge in [-0.15, -0.1) is 0 Å². The van der Waals surface area contributed by atoms with Crippen LogP contribution in [0.3, 0.4) is 0 Å². The van der Waals surface area contributed by atoms with Crippen LogP contribution < -0.4 is 9.64 Å². The molecule has 0 atom stereocenters. The topological polar surface area (TPSA) is 150 Å². The molecule has 158 valence electrons. The number of carbonyl (C=O) groups excluding carboxylic acids is 3. The molecule has 0 spiro atoms. The average molecular weight is 433 g/mol. The molecule has 0 unspecified atom stereocenters. The van der Waals surface area contributed by atoms with E-state index in [0.717, 1.165) is 23.1 Å². The van der Waals surface area contributed by atoms with Gasteiger partial charge in [0.05, 0.1) is 32.2 Å². The van der Waals surface area contributed by atoms with E-state index in [9.17, 15) is 34.6 Å². The number of rotatable bonds is 5. The lowest BCUT2D eigenvalue weighted by atomic mass is 10.1. The van der Waals surface area contributed by atoms with E-state index in [1.165, 1.54) is 48.5 Å². The predicted molar refractivity (Wildman–Crippen MR) is 109 cm³/mol. The van der Waals surface area contributed by atoms with Crippen LogP contribution >= 0.6 is 0 Å². The van der Waals surface area contributed by atoms with Gasteiger partial charge in [0.15, 0.2) is 0 Å². The van der Waals surface area contributed by atoms with Gasteiger partial charge in [-0.05, 0) is 36.4 Å². The normalized spacial score (nSPS) is 12.4. The molecule has 1 aliphatic heterocycles. The molecule has 0 fully saturated rings. The highest BCUT2D eigenvalue weighted by Crippen LogP contribution is 2.32. The summed E-state index contributed by atoms with van der Waals surface area (Å²) in [4.78, 5) is 59.1. The van der Waals surface area contributed by atoms with Crippen LogP contribution in [0.5, 0.6) is 5.75 Å². The number of hydrogen-bond donors (Lipinski definition) is 0. The van der Waals surface area contributed by atoms with Crippen molar-refractivity contribution < 1.29 is 29.0 Å². The summed E-state index contributed by atoms with van der Waals surface area (Å²) < 4.78 is 5.22. The smallest absolute Gasteiger partial charge is 0.343 e. The Labute approximate surface area is 178 Å². The first-order chi connectivity index (χ1) is 15.3. The number of nitro benzene ring substituents is 2. The lowest BCUT2D eigenvalue weighted by Gasteiger charge is -2.13. The predicted octanol–water partition coefficient (Wildman–Crippen LogP) is 3.52. The van der Waals surface area contributed by atoms with Crippen LogP contribution in [-0.2, 0) is 0 Å². The number of imide groups is 1. The van der Waals surface area contributed by atoms with E-state index in [1.54, 1.807) is 0 Å². The second-order valence-corrected chi connectivity index (χ2v) is 6.62. The summed E-state index contributed by atoms with van der Waals surface area (Å²) in [5.74, 6) is -2.22. The van der Waals surface area contributed by atoms with Crippen LogP contribution in [0.15, 0.2) is 66.7 Å². The number of non-ortho nitro benzene ring substituents is 2. The molecule has 3 aromatic carbocycles. The summed E-state index contributed by atoms with van der Waals surface area (Å²) in [6.45, 7) is 0. The van der Waals surface area contributed by atoms with E-state index >= 15 is 0 Å². The standard InChI is InChI=1S/C21H11N3O8/c25-19-17-9-8-16(32-21(27)12-4-6-13(7-5-12)23(28)29)11-18(17)20(26)22(19)14-2-1-3-15(10-14)24(30)31/h1-11H. The van der Waals surface area contributed by atoms with E-state index in [2.05, 4.69) is 0 Å². The van der Waals surface area contributed by atoms with Gasteiger partial charge in [-0.3, -0.25) is 29.8 Å². The van der Waals surface area contributed by atoms with Crippen molar-refractivity contribution in [2.75, 3.05) is 4.90 Å². The molecule has 0 aromatic heterocycles. The largest absolute Gasteiger partial charge is 0.423 e. The highest BCUT2D eigenvalue weighted by atomic mass is 16.6. The molecular formula is C21H11N3O8. The minimum atomic E-state index is -0.813. The molecule has 2 amide bonds. The number of ether oxygens (including phenoxy) is 1. The number of esters is 1. The molecule has 0 bridgehead atoms. The number of carbonyl (C=O) groups is 3. The van der Waals surface area contributed by atoms with Crippen molar-refractivity contribution in [2.45, 2.75) is 0 Å². The van der Waals surface area contributed by atoms with Gasteiger partial charge in [-0.25, -0.2) is 9.69 Å². The van der Waals surface area contributed by atoms with Crippen LogP contribution in [0.1, 0.15) is 31.1 Å². The Hall–Kier alpha value is -4.93. The molecule has 1 heterocycles. The second-order valence-electron chi connectivity index (χ2n) is 6.62. The third-order valence-electron chi connectivity index (χ3n) is 4.68. The summed E-state index contributed by atoms with van der Waals surface area (Å²) in [7, 11) is 0. The quantitative estimate of drug-likeness (QED) is 0.195. The molecule has 4 rings (SSSR count). The maximum atomic E-state index is 12.8. The molecule has 0 radical (unpaired) electrons. The molecule has 0 N–H and O–H groups in total. The highest BCUT2D eigenvalue weighted by Gasteiger charge is 2.37. The van der Waals surface area contributed by atoms with Crippen molar-refractivity contribution in [3.05, 3.63) is 104 Å². The Bertz CT molecular complexity index is 1320. The zero-order valence-electron chi connectivity index (χ0n) is 16.0. The average Bonchev–Trinajstić information content (AvgIpc) is 3.03. The first-order valence-corrected chi connectivity index (χ1v) is 9.00. The third-order valence-corrected chi connectivity index (χ3v) is 4.68. The van der Waals surface area contributed by atoms with Crippen molar-refractivity contribution in [3.8, 4) is 5.75 Å². The minimum absolute atomic E-state index is 0.0193. The molecular weight excluding hydrogens is 422 g/mol.